The Bertz CT molecular complexity index is 780. The van der Waals surface area contributed by atoms with Crippen molar-refractivity contribution in [2.45, 2.75) is 6.54 Å². The smallest absolute Gasteiger partial charge is 0.325 e. The molecular weight excluding hydrogens is 420 g/mol. The van der Waals surface area contributed by atoms with E-state index >= 15 is 0 Å². The third kappa shape index (κ3) is 5.94. The van der Waals surface area contributed by atoms with Gasteiger partial charge in [-0.1, -0.05) is 30.3 Å². The Morgan fingerprint density at radius 3 is 1.67 bits per heavy atom. The van der Waals surface area contributed by atoms with E-state index in [-0.39, 0.29) is 12.1 Å². The molecule has 182 valence electrons. The average molecular weight is 459 g/mol. The number of carbonyl (C=O) groups excluding carboxylic acids is 2. The predicted octanol–water partition coefficient (Wildman–Crippen LogP) is 0.261. The van der Waals surface area contributed by atoms with Gasteiger partial charge >= 0.3 is 12.1 Å². The lowest BCUT2D eigenvalue weighted by molar-refractivity contribution is -0.0139. The van der Waals surface area contributed by atoms with Crippen LogP contribution in [0.2, 0.25) is 0 Å². The minimum absolute atomic E-state index is 0.140. The first-order valence-corrected chi connectivity index (χ1v) is 12.0. The summed E-state index contributed by atoms with van der Waals surface area (Å²) in [6.07, 6.45) is 0. The Balaban J connectivity index is 0.000000172. The number of piperazine rings is 2. The molecule has 0 atom stereocenters. The van der Waals surface area contributed by atoms with Gasteiger partial charge in [0.15, 0.2) is 0 Å². The van der Waals surface area contributed by atoms with Crippen LogP contribution < -0.4 is 5.32 Å². The number of urea groups is 2. The molecule has 1 aromatic carbocycles. The standard InChI is InChI=1S/C15H22N4O.C8H16N4O/c1-16-7-12-19(15(16)20)18-10-8-17(9-11-18)13-14-5-3-2-4-6-14;1-10-6-7-12(8(10)13)11-4-2-9-3-5-11/h2-6H,7-13H2,1H3;9H,2-7H2,1H3. The fraction of sp³-hybridized carbons (Fsp3) is 0.652. The molecule has 0 spiro atoms. The molecule has 0 bridgehead atoms. The second-order valence-corrected chi connectivity index (χ2v) is 9.07. The van der Waals surface area contributed by atoms with Crippen LogP contribution in [-0.2, 0) is 6.54 Å². The van der Waals surface area contributed by atoms with Gasteiger partial charge in [-0.05, 0) is 5.56 Å². The molecule has 1 N–H and O–H groups in total. The summed E-state index contributed by atoms with van der Waals surface area (Å²) in [5, 5.41) is 11.4. The third-order valence-electron chi connectivity index (χ3n) is 6.76. The molecule has 4 aliphatic rings. The van der Waals surface area contributed by atoms with Gasteiger partial charge in [-0.25, -0.2) is 19.6 Å². The Morgan fingerprint density at radius 2 is 1.18 bits per heavy atom. The van der Waals surface area contributed by atoms with Gasteiger partial charge in [0.05, 0.1) is 13.1 Å². The summed E-state index contributed by atoms with van der Waals surface area (Å²) in [5.74, 6) is 0. The maximum atomic E-state index is 12.0. The second kappa shape index (κ2) is 11.1. The lowest BCUT2D eigenvalue weighted by Crippen LogP contribution is -2.54. The van der Waals surface area contributed by atoms with E-state index in [1.165, 1.54) is 5.56 Å². The Hall–Kier alpha value is -2.40. The highest BCUT2D eigenvalue weighted by atomic mass is 16.2. The van der Waals surface area contributed by atoms with Gasteiger partial charge < -0.3 is 15.1 Å². The quantitative estimate of drug-likeness (QED) is 0.698. The van der Waals surface area contributed by atoms with Crippen molar-refractivity contribution in [3.05, 3.63) is 35.9 Å². The minimum Gasteiger partial charge on any atom is -0.325 e. The van der Waals surface area contributed by atoms with Crippen LogP contribution in [-0.4, -0.2) is 139 Å². The number of hydrogen-bond acceptors (Lipinski definition) is 6. The van der Waals surface area contributed by atoms with E-state index < -0.39 is 0 Å². The molecule has 4 fully saturated rings. The second-order valence-electron chi connectivity index (χ2n) is 9.07. The van der Waals surface area contributed by atoms with Crippen molar-refractivity contribution in [2.75, 3.05) is 92.6 Å². The fourth-order valence-electron chi connectivity index (χ4n) is 4.66. The number of carbonyl (C=O) groups is 2. The van der Waals surface area contributed by atoms with E-state index in [1.54, 1.807) is 9.80 Å². The lowest BCUT2D eigenvalue weighted by atomic mass is 10.2. The molecule has 10 nitrogen and oxygen atoms in total. The van der Waals surface area contributed by atoms with Gasteiger partial charge in [0.25, 0.3) is 0 Å². The van der Waals surface area contributed by atoms with Crippen molar-refractivity contribution in [2.24, 2.45) is 0 Å². The van der Waals surface area contributed by atoms with Gasteiger partial charge in [-0.3, -0.25) is 14.9 Å². The summed E-state index contributed by atoms with van der Waals surface area (Å²) in [6, 6.07) is 10.9. The molecule has 0 aromatic heterocycles. The van der Waals surface area contributed by atoms with E-state index in [9.17, 15) is 9.59 Å². The number of hydrogen-bond donors (Lipinski definition) is 1. The molecule has 0 unspecified atom stereocenters. The SMILES string of the molecule is CN1CCN(N2CCN(Cc3ccccc3)CC2)C1=O.CN1CCN(N2CCNCC2)C1=O. The van der Waals surface area contributed by atoms with Crippen LogP contribution in [0.5, 0.6) is 0 Å². The number of nitrogens with one attached hydrogen (secondary N) is 1. The normalized spacial score (nSPS) is 23.3. The summed E-state index contributed by atoms with van der Waals surface area (Å²) < 4.78 is 0. The number of benzene rings is 1. The lowest BCUT2D eigenvalue weighted by Gasteiger charge is -2.39. The first-order chi connectivity index (χ1) is 16.0. The first kappa shape index (κ1) is 23.7. The highest BCUT2D eigenvalue weighted by molar-refractivity contribution is 5.76. The molecule has 33 heavy (non-hydrogen) atoms. The van der Waals surface area contributed by atoms with E-state index in [4.69, 9.17) is 0 Å². The van der Waals surface area contributed by atoms with Gasteiger partial charge in [-0.15, -0.1) is 0 Å². The van der Waals surface area contributed by atoms with Crippen molar-refractivity contribution < 1.29 is 9.59 Å². The summed E-state index contributed by atoms with van der Waals surface area (Å²) in [4.78, 5) is 29.6. The zero-order chi connectivity index (χ0) is 23.2. The molecule has 5 rings (SSSR count). The maximum Gasteiger partial charge on any atom is 0.334 e. The van der Waals surface area contributed by atoms with Crippen LogP contribution in [0.15, 0.2) is 30.3 Å². The van der Waals surface area contributed by atoms with Crippen molar-refractivity contribution in [1.82, 2.24) is 40.1 Å². The zero-order valence-electron chi connectivity index (χ0n) is 20.0. The zero-order valence-corrected chi connectivity index (χ0v) is 20.0. The Labute approximate surface area is 197 Å². The number of hydrazine groups is 2. The van der Waals surface area contributed by atoms with Gasteiger partial charge in [-0.2, -0.15) is 0 Å². The van der Waals surface area contributed by atoms with Crippen LogP contribution in [0.25, 0.3) is 0 Å². The molecule has 4 saturated heterocycles. The van der Waals surface area contributed by atoms with Crippen molar-refractivity contribution in [1.29, 1.82) is 0 Å². The van der Waals surface area contributed by atoms with Gasteiger partial charge in [0, 0.05) is 86.1 Å². The van der Waals surface area contributed by atoms with Gasteiger partial charge in [0.2, 0.25) is 0 Å². The topological polar surface area (TPSA) is 68.9 Å². The number of amides is 4. The van der Waals surface area contributed by atoms with Crippen LogP contribution in [0, 0.1) is 0 Å². The van der Waals surface area contributed by atoms with Crippen molar-refractivity contribution >= 4 is 12.1 Å². The third-order valence-corrected chi connectivity index (χ3v) is 6.76. The van der Waals surface area contributed by atoms with Crippen molar-refractivity contribution in [3.8, 4) is 0 Å². The van der Waals surface area contributed by atoms with E-state index in [0.717, 1.165) is 85.1 Å². The maximum absolute atomic E-state index is 12.0. The largest absolute Gasteiger partial charge is 0.334 e. The highest BCUT2D eigenvalue weighted by Crippen LogP contribution is 2.14. The van der Waals surface area contributed by atoms with E-state index in [0.29, 0.717) is 0 Å². The summed E-state index contributed by atoms with van der Waals surface area (Å²) in [6.45, 7) is 12.1. The fourth-order valence-corrected chi connectivity index (χ4v) is 4.66. The predicted molar refractivity (Wildman–Crippen MR) is 127 cm³/mol. The van der Waals surface area contributed by atoms with Crippen molar-refractivity contribution in [3.63, 3.8) is 0 Å². The highest BCUT2D eigenvalue weighted by Gasteiger charge is 2.32. The molecule has 0 saturated carbocycles. The first-order valence-electron chi connectivity index (χ1n) is 12.0. The molecule has 0 aliphatic carbocycles. The molecule has 10 heteroatoms. The Morgan fingerprint density at radius 1 is 0.667 bits per heavy atom. The number of nitrogens with zero attached hydrogens (tertiary/aromatic N) is 7. The van der Waals surface area contributed by atoms with Crippen LogP contribution in [0.4, 0.5) is 9.59 Å². The molecule has 0 radical (unpaired) electrons. The minimum atomic E-state index is 0.140. The van der Waals surface area contributed by atoms with Crippen LogP contribution >= 0.6 is 0 Å². The molecule has 4 amide bonds. The number of rotatable bonds is 4. The number of likely N-dealkylation sites (N-methyl/N-ethyl adjacent to an activating group) is 2. The van der Waals surface area contributed by atoms with E-state index in [1.807, 2.05) is 24.1 Å². The van der Waals surface area contributed by atoms with Crippen LogP contribution in [0.3, 0.4) is 0 Å². The van der Waals surface area contributed by atoms with Crippen LogP contribution in [0.1, 0.15) is 5.56 Å². The molecule has 4 heterocycles. The van der Waals surface area contributed by atoms with E-state index in [2.05, 4.69) is 50.6 Å². The summed E-state index contributed by atoms with van der Waals surface area (Å²) >= 11 is 0. The average Bonchev–Trinajstić information content (AvgIpc) is 3.37. The Kier molecular flexibility index (Phi) is 8.02. The summed E-state index contributed by atoms with van der Waals surface area (Å²) in [7, 11) is 3.72. The monoisotopic (exact) mass is 458 g/mol. The molecule has 1 aromatic rings. The molecular formula is C23H38N8O2. The van der Waals surface area contributed by atoms with Gasteiger partial charge in [0.1, 0.15) is 0 Å². The molecule has 4 aliphatic heterocycles. The summed E-state index contributed by atoms with van der Waals surface area (Å²) in [5.41, 5.74) is 1.36.